The Labute approximate surface area is 182 Å². The van der Waals surface area contributed by atoms with Crippen molar-refractivity contribution in [1.82, 2.24) is 30.0 Å². The number of nitrogens with one attached hydrogen (secondary N) is 2. The van der Waals surface area contributed by atoms with Gasteiger partial charge < -0.3 is 9.88 Å². The van der Waals surface area contributed by atoms with E-state index in [4.69, 9.17) is 0 Å². The molecule has 0 saturated heterocycles. The predicted octanol–water partition coefficient (Wildman–Crippen LogP) is 3.14. The smallest absolute Gasteiger partial charge is 0.116 e. The Bertz CT molecular complexity index is 1290. The fourth-order valence-corrected chi connectivity index (χ4v) is 3.68. The first-order valence-corrected chi connectivity index (χ1v) is 10.5. The number of fused-ring (bicyclic) bond motifs is 1. The van der Waals surface area contributed by atoms with Crippen LogP contribution in [-0.2, 0) is 6.42 Å². The van der Waals surface area contributed by atoms with Gasteiger partial charge in [-0.25, -0.2) is 0 Å². The van der Waals surface area contributed by atoms with Gasteiger partial charge >= 0.3 is 0 Å². The number of rotatable bonds is 7. The number of aromatic nitrogens is 5. The molecule has 158 valence electrons. The summed E-state index contributed by atoms with van der Waals surface area (Å²) < 4.78 is 0. The van der Waals surface area contributed by atoms with Crippen molar-refractivity contribution in [3.8, 4) is 11.4 Å². The van der Waals surface area contributed by atoms with Gasteiger partial charge in [-0.15, -0.1) is 0 Å². The maximum absolute atomic E-state index is 4.57. The number of H-pyrrole nitrogens is 2. The number of hydrogen-bond donors (Lipinski definition) is 2. The second-order valence-corrected chi connectivity index (χ2v) is 7.97. The molecule has 0 unspecified atom stereocenters. The van der Waals surface area contributed by atoms with Crippen LogP contribution in [0.4, 0.5) is 0 Å². The van der Waals surface area contributed by atoms with Crippen molar-refractivity contribution in [2.45, 2.75) is 19.8 Å². The van der Waals surface area contributed by atoms with E-state index in [1.807, 2.05) is 43.6 Å². The fourth-order valence-electron chi connectivity index (χ4n) is 3.68. The highest BCUT2D eigenvalue weighted by Gasteiger charge is 2.10. The molecule has 0 radical (unpaired) electrons. The Morgan fingerprint density at radius 2 is 2.10 bits per heavy atom. The van der Waals surface area contributed by atoms with E-state index in [-0.39, 0.29) is 0 Å². The van der Waals surface area contributed by atoms with Crippen molar-refractivity contribution in [3.63, 3.8) is 0 Å². The summed E-state index contributed by atoms with van der Waals surface area (Å²) in [5.41, 5.74) is 6.83. The second-order valence-electron chi connectivity index (χ2n) is 7.97. The van der Waals surface area contributed by atoms with Gasteiger partial charge in [0.2, 0.25) is 0 Å². The van der Waals surface area contributed by atoms with Crippen molar-refractivity contribution in [2.24, 2.45) is 0 Å². The van der Waals surface area contributed by atoms with Crippen LogP contribution in [-0.4, -0.2) is 50.7 Å². The Hall–Kier alpha value is -3.51. The van der Waals surface area contributed by atoms with Gasteiger partial charge in [0.05, 0.1) is 22.1 Å². The van der Waals surface area contributed by atoms with E-state index in [2.05, 4.69) is 62.9 Å². The lowest BCUT2D eigenvalue weighted by atomic mass is 10.0. The molecular weight excluding hydrogens is 384 g/mol. The Morgan fingerprint density at radius 1 is 1.23 bits per heavy atom. The normalized spacial score (nSPS) is 12.9. The molecule has 0 aliphatic rings. The summed E-state index contributed by atoms with van der Waals surface area (Å²) in [6, 6.07) is 8.15. The van der Waals surface area contributed by atoms with E-state index >= 15 is 0 Å². The van der Waals surface area contributed by atoms with Crippen LogP contribution in [0.2, 0.25) is 0 Å². The molecule has 0 atom stereocenters. The zero-order valence-electron chi connectivity index (χ0n) is 18.3. The summed E-state index contributed by atoms with van der Waals surface area (Å²) in [5.74, 6) is 0. The summed E-state index contributed by atoms with van der Waals surface area (Å²) in [5, 5.41) is 9.65. The second kappa shape index (κ2) is 9.10. The Morgan fingerprint density at radius 3 is 2.87 bits per heavy atom. The number of aryl methyl sites for hydroxylation is 1. The van der Waals surface area contributed by atoms with Gasteiger partial charge in [-0.2, -0.15) is 5.10 Å². The van der Waals surface area contributed by atoms with Gasteiger partial charge in [-0.05, 0) is 87.4 Å². The third kappa shape index (κ3) is 4.64. The number of pyridine rings is 2. The van der Waals surface area contributed by atoms with Crippen molar-refractivity contribution in [2.75, 3.05) is 20.6 Å². The SMILES string of the molecule is C=C(/C=c1/c(-c2cc3ncccc3[nH]2)n[nH]/c1=C/C)c1cncc(CCCN(C)C)c1. The average molecular weight is 413 g/mol. The monoisotopic (exact) mass is 412 g/mol. The molecule has 0 aliphatic carbocycles. The number of allylic oxidation sites excluding steroid dienone is 1. The molecule has 0 saturated carbocycles. The number of aromatic amines is 2. The van der Waals surface area contributed by atoms with E-state index in [1.165, 1.54) is 5.56 Å². The molecule has 6 heteroatoms. The summed E-state index contributed by atoms with van der Waals surface area (Å²) >= 11 is 0. The maximum atomic E-state index is 4.57. The molecule has 0 aromatic carbocycles. The van der Waals surface area contributed by atoms with E-state index in [0.717, 1.165) is 63.5 Å². The van der Waals surface area contributed by atoms with Crippen molar-refractivity contribution in [1.29, 1.82) is 0 Å². The molecule has 4 aromatic heterocycles. The maximum Gasteiger partial charge on any atom is 0.116 e. The summed E-state index contributed by atoms with van der Waals surface area (Å²) in [4.78, 5) is 14.5. The largest absolute Gasteiger partial charge is 0.352 e. The highest BCUT2D eigenvalue weighted by Crippen LogP contribution is 2.19. The number of nitrogens with zero attached hydrogens (tertiary/aromatic N) is 4. The topological polar surface area (TPSA) is 73.5 Å². The molecule has 6 nitrogen and oxygen atoms in total. The molecule has 4 heterocycles. The highest BCUT2D eigenvalue weighted by atomic mass is 15.1. The van der Waals surface area contributed by atoms with Crippen LogP contribution >= 0.6 is 0 Å². The van der Waals surface area contributed by atoms with Crippen LogP contribution in [0.15, 0.2) is 49.4 Å². The van der Waals surface area contributed by atoms with Crippen LogP contribution in [0.25, 0.3) is 40.1 Å². The van der Waals surface area contributed by atoms with Gasteiger partial charge in [0, 0.05) is 23.8 Å². The summed E-state index contributed by atoms with van der Waals surface area (Å²) in [6.45, 7) is 7.38. The van der Waals surface area contributed by atoms with E-state index in [0.29, 0.717) is 0 Å². The fraction of sp³-hybridized carbons (Fsp3) is 0.240. The molecule has 4 rings (SSSR count). The first-order valence-electron chi connectivity index (χ1n) is 10.5. The van der Waals surface area contributed by atoms with E-state index in [9.17, 15) is 0 Å². The van der Waals surface area contributed by atoms with Crippen LogP contribution in [0.5, 0.6) is 0 Å². The summed E-state index contributed by atoms with van der Waals surface area (Å²) in [6.07, 6.45) is 11.8. The van der Waals surface area contributed by atoms with Crippen molar-refractivity contribution in [3.05, 3.63) is 71.1 Å². The Kier molecular flexibility index (Phi) is 6.09. The van der Waals surface area contributed by atoms with Gasteiger partial charge in [0.25, 0.3) is 0 Å². The third-order valence-electron chi connectivity index (χ3n) is 5.32. The molecule has 31 heavy (non-hydrogen) atoms. The van der Waals surface area contributed by atoms with Gasteiger partial charge in [0.1, 0.15) is 5.69 Å². The average Bonchev–Trinajstić information content (AvgIpc) is 3.37. The minimum absolute atomic E-state index is 0.849. The van der Waals surface area contributed by atoms with Crippen LogP contribution < -0.4 is 10.6 Å². The first-order chi connectivity index (χ1) is 15.0. The third-order valence-corrected chi connectivity index (χ3v) is 5.32. The van der Waals surface area contributed by atoms with Crippen LogP contribution in [0, 0.1) is 0 Å². The molecule has 0 fully saturated rings. The van der Waals surface area contributed by atoms with E-state index < -0.39 is 0 Å². The van der Waals surface area contributed by atoms with Crippen LogP contribution in [0.1, 0.15) is 24.5 Å². The first kappa shape index (κ1) is 20.8. The molecule has 0 aliphatic heterocycles. The molecule has 4 aromatic rings. The lowest BCUT2D eigenvalue weighted by Gasteiger charge is -2.09. The lowest BCUT2D eigenvalue weighted by molar-refractivity contribution is 0.400. The van der Waals surface area contributed by atoms with Crippen molar-refractivity contribution < 1.29 is 0 Å². The zero-order chi connectivity index (χ0) is 21.8. The standard InChI is InChI=1S/C25H28N6/c1-5-21-20(25(30-29-21)24-14-23-22(28-24)9-6-10-27-23)12-17(2)19-13-18(15-26-16-19)8-7-11-31(3)4/h5-6,9-10,12-16,28-29H,2,7-8,11H2,1,3-4H3/b20-12+,21-5+. The number of hydrogen-bond acceptors (Lipinski definition) is 4. The predicted molar refractivity (Wildman–Crippen MR) is 128 cm³/mol. The molecule has 0 spiro atoms. The molecular formula is C25H28N6. The van der Waals surface area contributed by atoms with Crippen molar-refractivity contribution >= 4 is 28.8 Å². The van der Waals surface area contributed by atoms with Gasteiger partial charge in [-0.1, -0.05) is 12.7 Å². The lowest BCUT2D eigenvalue weighted by Crippen LogP contribution is -2.23. The van der Waals surface area contributed by atoms with Gasteiger partial charge in [-0.3, -0.25) is 15.1 Å². The Balaban J connectivity index is 1.69. The molecule has 0 amide bonds. The zero-order valence-corrected chi connectivity index (χ0v) is 18.3. The summed E-state index contributed by atoms with van der Waals surface area (Å²) in [7, 11) is 4.19. The molecule has 2 N–H and O–H groups in total. The highest BCUT2D eigenvalue weighted by molar-refractivity contribution is 5.89. The van der Waals surface area contributed by atoms with Gasteiger partial charge in [0.15, 0.2) is 0 Å². The van der Waals surface area contributed by atoms with Crippen LogP contribution in [0.3, 0.4) is 0 Å². The quantitative estimate of drug-likeness (QED) is 0.489. The minimum atomic E-state index is 0.849. The minimum Gasteiger partial charge on any atom is -0.352 e. The van der Waals surface area contributed by atoms with E-state index in [1.54, 1.807) is 6.20 Å². The molecule has 0 bridgehead atoms.